The van der Waals surface area contributed by atoms with Gasteiger partial charge in [-0.25, -0.2) is 13.1 Å². The second-order valence-electron chi connectivity index (χ2n) is 4.60. The van der Waals surface area contributed by atoms with Crippen LogP contribution in [-0.2, 0) is 22.9 Å². The standard InChI is InChI=1S/C12H17NO2S/c1-9-3-4-11-8-12(13-16(2,14)15)6-5-10(11)7-9/h3-4,7,12-13H,5-6,8H2,1-2H3. The number of sulfonamides is 1. The van der Waals surface area contributed by atoms with Gasteiger partial charge in [-0.1, -0.05) is 23.8 Å². The topological polar surface area (TPSA) is 46.2 Å². The van der Waals surface area contributed by atoms with Crippen molar-refractivity contribution in [1.29, 1.82) is 0 Å². The Morgan fingerprint density at radius 1 is 1.31 bits per heavy atom. The van der Waals surface area contributed by atoms with Crippen molar-refractivity contribution in [3.8, 4) is 0 Å². The lowest BCUT2D eigenvalue weighted by atomic mass is 9.88. The van der Waals surface area contributed by atoms with E-state index in [1.165, 1.54) is 22.9 Å². The largest absolute Gasteiger partial charge is 0.213 e. The van der Waals surface area contributed by atoms with Gasteiger partial charge in [-0.05, 0) is 37.3 Å². The summed E-state index contributed by atoms with van der Waals surface area (Å²) in [6, 6.07) is 6.46. The van der Waals surface area contributed by atoms with Crippen molar-refractivity contribution in [2.45, 2.75) is 32.2 Å². The van der Waals surface area contributed by atoms with E-state index < -0.39 is 10.0 Å². The first-order valence-corrected chi connectivity index (χ1v) is 7.39. The van der Waals surface area contributed by atoms with E-state index in [1.807, 2.05) is 0 Å². The number of hydrogen-bond acceptors (Lipinski definition) is 2. The Kier molecular flexibility index (Phi) is 3.04. The second-order valence-corrected chi connectivity index (χ2v) is 6.38. The molecule has 0 aromatic heterocycles. The fourth-order valence-corrected chi connectivity index (χ4v) is 3.09. The van der Waals surface area contributed by atoms with E-state index in [1.54, 1.807) is 0 Å². The van der Waals surface area contributed by atoms with Crippen LogP contribution in [0.5, 0.6) is 0 Å². The van der Waals surface area contributed by atoms with Crippen molar-refractivity contribution >= 4 is 10.0 Å². The Morgan fingerprint density at radius 3 is 2.75 bits per heavy atom. The summed E-state index contributed by atoms with van der Waals surface area (Å²) in [5, 5.41) is 0. The van der Waals surface area contributed by atoms with Gasteiger partial charge in [0.2, 0.25) is 10.0 Å². The zero-order valence-electron chi connectivity index (χ0n) is 9.66. The number of fused-ring (bicyclic) bond motifs is 1. The highest BCUT2D eigenvalue weighted by Crippen LogP contribution is 2.22. The van der Waals surface area contributed by atoms with Crippen molar-refractivity contribution in [3.63, 3.8) is 0 Å². The molecule has 0 radical (unpaired) electrons. The van der Waals surface area contributed by atoms with Gasteiger partial charge >= 0.3 is 0 Å². The molecule has 1 aliphatic carbocycles. The van der Waals surface area contributed by atoms with Gasteiger partial charge in [-0.15, -0.1) is 0 Å². The van der Waals surface area contributed by atoms with Gasteiger partial charge in [0.05, 0.1) is 6.26 Å². The van der Waals surface area contributed by atoms with Crippen molar-refractivity contribution in [1.82, 2.24) is 4.72 Å². The van der Waals surface area contributed by atoms with Crippen molar-refractivity contribution in [3.05, 3.63) is 34.9 Å². The normalized spacial score (nSPS) is 20.5. The molecule has 1 aromatic carbocycles. The first-order valence-electron chi connectivity index (χ1n) is 5.50. The van der Waals surface area contributed by atoms with E-state index in [0.29, 0.717) is 0 Å². The Morgan fingerprint density at radius 2 is 2.06 bits per heavy atom. The van der Waals surface area contributed by atoms with Crippen LogP contribution in [0.25, 0.3) is 0 Å². The van der Waals surface area contributed by atoms with Crippen LogP contribution >= 0.6 is 0 Å². The van der Waals surface area contributed by atoms with Crippen molar-refractivity contribution in [2.24, 2.45) is 0 Å². The van der Waals surface area contributed by atoms with Gasteiger partial charge in [0.15, 0.2) is 0 Å². The third-order valence-electron chi connectivity index (χ3n) is 2.97. The lowest BCUT2D eigenvalue weighted by molar-refractivity contribution is 0.510. The maximum absolute atomic E-state index is 11.2. The average Bonchev–Trinajstić information content (AvgIpc) is 2.16. The van der Waals surface area contributed by atoms with E-state index in [-0.39, 0.29) is 6.04 Å². The molecule has 0 saturated heterocycles. The Bertz CT molecular complexity index is 494. The maximum atomic E-state index is 11.2. The minimum atomic E-state index is -3.08. The summed E-state index contributed by atoms with van der Waals surface area (Å²) < 4.78 is 25.0. The van der Waals surface area contributed by atoms with Gasteiger partial charge in [-0.2, -0.15) is 0 Å². The van der Waals surface area contributed by atoms with Gasteiger partial charge < -0.3 is 0 Å². The van der Waals surface area contributed by atoms with Gasteiger partial charge in [0, 0.05) is 6.04 Å². The smallest absolute Gasteiger partial charge is 0.208 e. The quantitative estimate of drug-likeness (QED) is 0.848. The molecule has 0 aliphatic heterocycles. The summed E-state index contributed by atoms with van der Waals surface area (Å²) in [6.07, 6.45) is 3.88. The predicted octanol–water partition coefficient (Wildman–Crippen LogP) is 1.40. The minimum absolute atomic E-state index is 0.0604. The SMILES string of the molecule is Cc1ccc2c(c1)CCC(NS(C)(=O)=O)C2. The summed E-state index contributed by atoms with van der Waals surface area (Å²) >= 11 is 0. The van der Waals surface area contributed by atoms with Crippen LogP contribution in [-0.4, -0.2) is 20.7 Å². The third kappa shape index (κ3) is 2.83. The third-order valence-corrected chi connectivity index (χ3v) is 3.73. The molecule has 1 atom stereocenters. The molecule has 1 aliphatic rings. The fourth-order valence-electron chi connectivity index (χ4n) is 2.29. The molecule has 0 heterocycles. The van der Waals surface area contributed by atoms with Gasteiger partial charge in [0.1, 0.15) is 0 Å². The van der Waals surface area contributed by atoms with Crippen LogP contribution in [0.4, 0.5) is 0 Å². The molecule has 0 spiro atoms. The van der Waals surface area contributed by atoms with E-state index in [4.69, 9.17) is 0 Å². The molecule has 4 heteroatoms. The average molecular weight is 239 g/mol. The van der Waals surface area contributed by atoms with Crippen molar-refractivity contribution < 1.29 is 8.42 Å². The molecule has 1 aromatic rings. The minimum Gasteiger partial charge on any atom is -0.213 e. The molecule has 0 bridgehead atoms. The zero-order valence-corrected chi connectivity index (χ0v) is 10.5. The molecule has 88 valence electrons. The number of rotatable bonds is 2. The highest BCUT2D eigenvalue weighted by Gasteiger charge is 2.20. The first-order chi connectivity index (χ1) is 7.44. The van der Waals surface area contributed by atoms with Gasteiger partial charge in [-0.3, -0.25) is 0 Å². The van der Waals surface area contributed by atoms with Crippen molar-refractivity contribution in [2.75, 3.05) is 6.26 Å². The molecule has 3 nitrogen and oxygen atoms in total. The fraction of sp³-hybridized carbons (Fsp3) is 0.500. The Hall–Kier alpha value is -0.870. The summed E-state index contributed by atoms with van der Waals surface area (Å²) in [7, 11) is -3.08. The number of nitrogens with one attached hydrogen (secondary N) is 1. The maximum Gasteiger partial charge on any atom is 0.208 e. The monoisotopic (exact) mass is 239 g/mol. The van der Waals surface area contributed by atoms with E-state index >= 15 is 0 Å². The number of hydrogen-bond donors (Lipinski definition) is 1. The molecular weight excluding hydrogens is 222 g/mol. The van der Waals surface area contributed by atoms with Crippen LogP contribution in [0.1, 0.15) is 23.1 Å². The number of benzene rings is 1. The molecule has 0 fully saturated rings. The van der Waals surface area contributed by atoms with Crippen LogP contribution in [0, 0.1) is 6.92 Å². The Labute approximate surface area is 96.9 Å². The highest BCUT2D eigenvalue weighted by molar-refractivity contribution is 7.88. The van der Waals surface area contributed by atoms with E-state index in [9.17, 15) is 8.42 Å². The van der Waals surface area contributed by atoms with Crippen LogP contribution in [0.15, 0.2) is 18.2 Å². The van der Waals surface area contributed by atoms with Crippen LogP contribution < -0.4 is 4.72 Å². The molecule has 1 unspecified atom stereocenters. The molecule has 1 N–H and O–H groups in total. The first kappa shape index (κ1) is 11.6. The van der Waals surface area contributed by atoms with Crippen LogP contribution in [0.3, 0.4) is 0 Å². The lowest BCUT2D eigenvalue weighted by Gasteiger charge is -2.25. The second kappa shape index (κ2) is 4.18. The lowest BCUT2D eigenvalue weighted by Crippen LogP contribution is -2.38. The highest BCUT2D eigenvalue weighted by atomic mass is 32.2. The number of aryl methyl sites for hydroxylation is 2. The van der Waals surface area contributed by atoms with E-state index in [2.05, 4.69) is 29.8 Å². The molecule has 16 heavy (non-hydrogen) atoms. The van der Waals surface area contributed by atoms with Crippen LogP contribution in [0.2, 0.25) is 0 Å². The Balaban J connectivity index is 2.15. The predicted molar refractivity (Wildman–Crippen MR) is 65.0 cm³/mol. The molecular formula is C12H17NO2S. The summed E-state index contributed by atoms with van der Waals surface area (Å²) in [5.41, 5.74) is 3.91. The van der Waals surface area contributed by atoms with Gasteiger partial charge in [0.25, 0.3) is 0 Å². The summed E-state index contributed by atoms with van der Waals surface area (Å²) in [4.78, 5) is 0. The molecule has 2 rings (SSSR count). The molecule has 0 amide bonds. The van der Waals surface area contributed by atoms with E-state index in [0.717, 1.165) is 19.3 Å². The zero-order chi connectivity index (χ0) is 11.8. The summed E-state index contributed by atoms with van der Waals surface area (Å²) in [5.74, 6) is 0. The summed E-state index contributed by atoms with van der Waals surface area (Å²) in [6.45, 7) is 2.08. The molecule has 0 saturated carbocycles.